The molecule has 0 fully saturated rings. The number of hydrogen-bond donors (Lipinski definition) is 2. The molecule has 0 heterocycles. The highest BCUT2D eigenvalue weighted by Gasteiger charge is 2.13. The van der Waals surface area contributed by atoms with E-state index in [0.29, 0.717) is 5.56 Å². The van der Waals surface area contributed by atoms with Crippen molar-refractivity contribution in [2.24, 2.45) is 0 Å². The molecular formula is C15H15IN2O3S. The van der Waals surface area contributed by atoms with E-state index in [9.17, 15) is 13.2 Å². The molecule has 2 rings (SSSR count). The van der Waals surface area contributed by atoms with Crippen LogP contribution in [0.4, 0.5) is 0 Å². The van der Waals surface area contributed by atoms with Gasteiger partial charge in [0.1, 0.15) is 0 Å². The van der Waals surface area contributed by atoms with Crippen molar-refractivity contribution in [2.45, 2.75) is 4.90 Å². The van der Waals surface area contributed by atoms with E-state index in [1.165, 1.54) is 12.1 Å². The highest BCUT2D eigenvalue weighted by molar-refractivity contribution is 14.1. The number of sulfonamides is 1. The summed E-state index contributed by atoms with van der Waals surface area (Å²) < 4.78 is 27.3. The molecule has 0 unspecified atom stereocenters. The number of hydrogen-bond acceptors (Lipinski definition) is 3. The molecule has 0 radical (unpaired) electrons. The van der Waals surface area contributed by atoms with Crippen LogP contribution < -0.4 is 10.0 Å². The molecule has 116 valence electrons. The maximum absolute atomic E-state index is 12.0. The zero-order chi connectivity index (χ0) is 16.0. The fourth-order valence-corrected chi connectivity index (χ4v) is 3.47. The predicted molar refractivity (Wildman–Crippen MR) is 93.1 cm³/mol. The smallest absolute Gasteiger partial charge is 0.252 e. The first-order chi connectivity index (χ1) is 10.5. The highest BCUT2D eigenvalue weighted by atomic mass is 127. The molecule has 22 heavy (non-hydrogen) atoms. The minimum absolute atomic E-state index is 0.131. The first-order valence-corrected chi connectivity index (χ1v) is 9.14. The molecule has 0 aliphatic carbocycles. The number of carbonyl (C=O) groups excluding carboxylic acids is 1. The number of carbonyl (C=O) groups is 1. The van der Waals surface area contributed by atoms with Gasteiger partial charge in [-0.25, -0.2) is 13.1 Å². The van der Waals surface area contributed by atoms with E-state index in [-0.39, 0.29) is 23.9 Å². The molecule has 0 aliphatic heterocycles. The molecule has 1 amide bonds. The second-order valence-electron chi connectivity index (χ2n) is 4.45. The van der Waals surface area contributed by atoms with Crippen molar-refractivity contribution in [1.82, 2.24) is 10.0 Å². The summed E-state index contributed by atoms with van der Waals surface area (Å²) in [6.45, 7) is 0.349. The molecule has 0 spiro atoms. The molecule has 0 atom stereocenters. The molecule has 2 N–H and O–H groups in total. The van der Waals surface area contributed by atoms with Crippen LogP contribution in [0.25, 0.3) is 0 Å². The normalized spacial score (nSPS) is 11.1. The Hall–Kier alpha value is -1.45. The first kappa shape index (κ1) is 16.9. The molecular weight excluding hydrogens is 415 g/mol. The van der Waals surface area contributed by atoms with Gasteiger partial charge in [-0.05, 0) is 46.9 Å². The van der Waals surface area contributed by atoms with Crippen LogP contribution >= 0.6 is 22.6 Å². The lowest BCUT2D eigenvalue weighted by Gasteiger charge is -2.09. The summed E-state index contributed by atoms with van der Waals surface area (Å²) in [5.74, 6) is -0.219. The average molecular weight is 430 g/mol. The van der Waals surface area contributed by atoms with E-state index in [0.717, 1.165) is 3.57 Å². The quantitative estimate of drug-likeness (QED) is 0.544. The SMILES string of the molecule is O=C(NCCNS(=O)(=O)c1ccccc1)c1ccccc1I. The summed E-state index contributed by atoms with van der Waals surface area (Å²) in [4.78, 5) is 12.2. The minimum atomic E-state index is -3.53. The Labute approximate surface area is 143 Å². The molecule has 0 saturated carbocycles. The zero-order valence-corrected chi connectivity index (χ0v) is 14.6. The fourth-order valence-electron chi connectivity index (χ4n) is 1.78. The van der Waals surface area contributed by atoms with Crippen LogP contribution in [0.2, 0.25) is 0 Å². The van der Waals surface area contributed by atoms with Crippen LogP contribution in [-0.4, -0.2) is 27.4 Å². The molecule has 0 aromatic heterocycles. The summed E-state index contributed by atoms with van der Waals surface area (Å²) >= 11 is 2.08. The minimum Gasteiger partial charge on any atom is -0.351 e. The van der Waals surface area contributed by atoms with E-state index >= 15 is 0 Å². The van der Waals surface area contributed by atoms with Gasteiger partial charge in [0.15, 0.2) is 0 Å². The van der Waals surface area contributed by atoms with Gasteiger partial charge in [0.25, 0.3) is 5.91 Å². The van der Waals surface area contributed by atoms with Crippen LogP contribution in [0.5, 0.6) is 0 Å². The Balaban J connectivity index is 1.85. The third-order valence-corrected chi connectivity index (χ3v) is 5.29. The Bertz CT molecular complexity index is 748. The number of benzene rings is 2. The van der Waals surface area contributed by atoms with E-state index < -0.39 is 10.0 Å². The lowest BCUT2D eigenvalue weighted by atomic mass is 10.2. The van der Waals surface area contributed by atoms with Crippen molar-refractivity contribution >= 4 is 38.5 Å². The molecule has 5 nitrogen and oxygen atoms in total. The van der Waals surface area contributed by atoms with Crippen molar-refractivity contribution in [2.75, 3.05) is 13.1 Å². The molecule has 7 heteroatoms. The maximum atomic E-state index is 12.0. The topological polar surface area (TPSA) is 75.3 Å². The highest BCUT2D eigenvalue weighted by Crippen LogP contribution is 2.11. The van der Waals surface area contributed by atoms with Crippen molar-refractivity contribution in [1.29, 1.82) is 0 Å². The van der Waals surface area contributed by atoms with Crippen LogP contribution in [0.1, 0.15) is 10.4 Å². The lowest BCUT2D eigenvalue weighted by Crippen LogP contribution is -2.34. The number of amides is 1. The van der Waals surface area contributed by atoms with E-state index in [2.05, 4.69) is 32.6 Å². The van der Waals surface area contributed by atoms with Crippen molar-refractivity contribution in [3.05, 3.63) is 63.7 Å². The fraction of sp³-hybridized carbons (Fsp3) is 0.133. The summed E-state index contributed by atoms with van der Waals surface area (Å²) in [7, 11) is -3.53. The summed E-state index contributed by atoms with van der Waals surface area (Å²) in [5, 5.41) is 2.69. The third kappa shape index (κ3) is 4.52. The average Bonchev–Trinajstić information content (AvgIpc) is 2.53. The van der Waals surface area contributed by atoms with Gasteiger partial charge in [-0.1, -0.05) is 30.3 Å². The Kier molecular flexibility index (Phi) is 5.92. The van der Waals surface area contributed by atoms with Crippen LogP contribution in [0, 0.1) is 3.57 Å². The molecule has 0 bridgehead atoms. The van der Waals surface area contributed by atoms with Gasteiger partial charge in [0, 0.05) is 16.7 Å². The van der Waals surface area contributed by atoms with Gasteiger partial charge < -0.3 is 5.32 Å². The van der Waals surface area contributed by atoms with Crippen LogP contribution in [0.3, 0.4) is 0 Å². The van der Waals surface area contributed by atoms with Gasteiger partial charge in [-0.15, -0.1) is 0 Å². The lowest BCUT2D eigenvalue weighted by molar-refractivity contribution is 0.0953. The predicted octanol–water partition coefficient (Wildman–Crippen LogP) is 2.00. The molecule has 0 saturated heterocycles. The first-order valence-electron chi connectivity index (χ1n) is 6.58. The molecule has 2 aromatic carbocycles. The maximum Gasteiger partial charge on any atom is 0.252 e. The van der Waals surface area contributed by atoms with Crippen LogP contribution in [-0.2, 0) is 10.0 Å². The van der Waals surface area contributed by atoms with E-state index in [1.54, 1.807) is 30.3 Å². The van der Waals surface area contributed by atoms with Gasteiger partial charge in [-0.3, -0.25) is 4.79 Å². The van der Waals surface area contributed by atoms with Crippen molar-refractivity contribution in [3.63, 3.8) is 0 Å². The monoisotopic (exact) mass is 430 g/mol. The van der Waals surface area contributed by atoms with Gasteiger partial charge in [0.2, 0.25) is 10.0 Å². The summed E-state index contributed by atoms with van der Waals surface area (Å²) in [6.07, 6.45) is 0. The van der Waals surface area contributed by atoms with Gasteiger partial charge in [-0.2, -0.15) is 0 Å². The van der Waals surface area contributed by atoms with Gasteiger partial charge in [0.05, 0.1) is 10.5 Å². The van der Waals surface area contributed by atoms with Gasteiger partial charge >= 0.3 is 0 Å². The Morgan fingerprint density at radius 1 is 0.955 bits per heavy atom. The van der Waals surface area contributed by atoms with E-state index in [1.807, 2.05) is 12.1 Å². The second-order valence-corrected chi connectivity index (χ2v) is 7.38. The Morgan fingerprint density at radius 3 is 2.27 bits per heavy atom. The number of nitrogens with one attached hydrogen (secondary N) is 2. The van der Waals surface area contributed by atoms with Crippen molar-refractivity contribution in [3.8, 4) is 0 Å². The van der Waals surface area contributed by atoms with Crippen molar-refractivity contribution < 1.29 is 13.2 Å². The summed E-state index contributed by atoms with van der Waals surface area (Å²) in [5.41, 5.74) is 0.578. The zero-order valence-electron chi connectivity index (χ0n) is 11.6. The largest absolute Gasteiger partial charge is 0.351 e. The van der Waals surface area contributed by atoms with Crippen LogP contribution in [0.15, 0.2) is 59.5 Å². The molecule has 2 aromatic rings. The summed E-state index contributed by atoms with van der Waals surface area (Å²) in [6, 6.07) is 15.3. The second kappa shape index (κ2) is 7.70. The standard InChI is InChI=1S/C15H15IN2O3S/c16-14-9-5-4-8-13(14)15(19)17-10-11-18-22(20,21)12-6-2-1-3-7-12/h1-9,18H,10-11H2,(H,17,19). The number of rotatable bonds is 6. The molecule has 0 aliphatic rings. The number of halogens is 1. The third-order valence-electron chi connectivity index (χ3n) is 2.87. The Morgan fingerprint density at radius 2 is 1.59 bits per heavy atom. The van der Waals surface area contributed by atoms with E-state index in [4.69, 9.17) is 0 Å².